The maximum absolute atomic E-state index is 13.1. The number of nitrogens with one attached hydrogen (secondary N) is 2. The van der Waals surface area contributed by atoms with Crippen LogP contribution in [0.5, 0.6) is 0 Å². The molecule has 3 aromatic rings. The highest BCUT2D eigenvalue weighted by atomic mass is 16.5. The molecule has 6 heteroatoms. The van der Waals surface area contributed by atoms with Crippen molar-refractivity contribution in [2.24, 2.45) is 0 Å². The summed E-state index contributed by atoms with van der Waals surface area (Å²) in [4.78, 5) is 28.3. The molecule has 5 rings (SSSR count). The Hall–Kier alpha value is -3.38. The van der Waals surface area contributed by atoms with Crippen LogP contribution in [0.25, 0.3) is 10.8 Å². The van der Waals surface area contributed by atoms with E-state index in [9.17, 15) is 9.59 Å². The predicted octanol–water partition coefficient (Wildman–Crippen LogP) is 4.60. The van der Waals surface area contributed by atoms with Crippen molar-refractivity contribution in [2.75, 3.05) is 36.5 Å². The van der Waals surface area contributed by atoms with Crippen LogP contribution in [0.1, 0.15) is 46.4 Å². The van der Waals surface area contributed by atoms with Gasteiger partial charge < -0.3 is 20.3 Å². The van der Waals surface area contributed by atoms with Gasteiger partial charge in [0.2, 0.25) is 0 Å². The molecule has 1 atom stereocenters. The van der Waals surface area contributed by atoms with Crippen molar-refractivity contribution in [3.05, 3.63) is 71.8 Å². The molecule has 2 aliphatic heterocycles. The van der Waals surface area contributed by atoms with E-state index in [4.69, 9.17) is 4.74 Å². The average molecular weight is 444 g/mol. The number of hydrogen-bond acceptors (Lipinski definition) is 4. The van der Waals surface area contributed by atoms with E-state index in [1.165, 1.54) is 0 Å². The lowest BCUT2D eigenvalue weighted by molar-refractivity contribution is 0.0858. The lowest BCUT2D eigenvalue weighted by atomic mass is 10.1. The van der Waals surface area contributed by atoms with Crippen molar-refractivity contribution in [2.45, 2.75) is 31.8 Å². The first-order valence-electron chi connectivity index (χ1n) is 11.8. The van der Waals surface area contributed by atoms with E-state index in [0.717, 1.165) is 61.8 Å². The van der Waals surface area contributed by atoms with Crippen molar-refractivity contribution in [3.8, 4) is 0 Å². The SMILES string of the molecule is O=C(Nc1ccc(N2CCCC2)c(C(=O)NCC2CCCO2)c1)c1ccc2ccccc2c1. The average Bonchev–Trinajstić information content (AvgIpc) is 3.57. The van der Waals surface area contributed by atoms with Gasteiger partial charge in [0.25, 0.3) is 11.8 Å². The molecular weight excluding hydrogens is 414 g/mol. The van der Waals surface area contributed by atoms with Gasteiger partial charge in [-0.1, -0.05) is 30.3 Å². The molecular formula is C27H29N3O3. The third-order valence-corrected chi connectivity index (χ3v) is 6.47. The maximum Gasteiger partial charge on any atom is 0.255 e. The quantitative estimate of drug-likeness (QED) is 0.584. The van der Waals surface area contributed by atoms with Gasteiger partial charge in [-0.25, -0.2) is 0 Å². The summed E-state index contributed by atoms with van der Waals surface area (Å²) in [6.07, 6.45) is 4.34. The smallest absolute Gasteiger partial charge is 0.255 e. The zero-order valence-electron chi connectivity index (χ0n) is 18.7. The second-order valence-corrected chi connectivity index (χ2v) is 8.79. The van der Waals surface area contributed by atoms with E-state index >= 15 is 0 Å². The molecule has 2 aliphatic rings. The molecule has 2 fully saturated rings. The van der Waals surface area contributed by atoms with E-state index in [-0.39, 0.29) is 17.9 Å². The largest absolute Gasteiger partial charge is 0.376 e. The van der Waals surface area contributed by atoms with Gasteiger partial charge >= 0.3 is 0 Å². The van der Waals surface area contributed by atoms with Gasteiger partial charge in [0.15, 0.2) is 0 Å². The number of nitrogens with zero attached hydrogens (tertiary/aromatic N) is 1. The number of carbonyl (C=O) groups is 2. The van der Waals surface area contributed by atoms with E-state index < -0.39 is 0 Å². The first kappa shape index (κ1) is 21.5. The Kier molecular flexibility index (Phi) is 6.26. The summed E-state index contributed by atoms with van der Waals surface area (Å²) in [5.41, 5.74) is 2.70. The molecule has 170 valence electrons. The Balaban J connectivity index is 1.36. The van der Waals surface area contributed by atoms with Crippen LogP contribution < -0.4 is 15.5 Å². The predicted molar refractivity (Wildman–Crippen MR) is 131 cm³/mol. The van der Waals surface area contributed by atoms with Gasteiger partial charge in [-0.3, -0.25) is 9.59 Å². The number of benzene rings is 3. The number of anilines is 2. The Bertz CT molecular complexity index is 1160. The minimum atomic E-state index is -0.194. The van der Waals surface area contributed by atoms with Gasteiger partial charge in [0.05, 0.1) is 11.7 Å². The first-order chi connectivity index (χ1) is 16.2. The number of rotatable bonds is 6. The lowest BCUT2D eigenvalue weighted by Crippen LogP contribution is -2.33. The van der Waals surface area contributed by atoms with E-state index in [0.29, 0.717) is 23.4 Å². The van der Waals surface area contributed by atoms with E-state index in [2.05, 4.69) is 15.5 Å². The molecule has 0 radical (unpaired) electrons. The second kappa shape index (κ2) is 9.63. The fourth-order valence-corrected chi connectivity index (χ4v) is 4.67. The maximum atomic E-state index is 13.1. The standard InChI is InChI=1S/C27H29N3O3/c31-26(21-10-9-19-6-1-2-7-20(19)16-21)29-22-11-12-25(30-13-3-4-14-30)24(17-22)27(32)28-18-23-8-5-15-33-23/h1-2,6-7,9-12,16-17,23H,3-5,8,13-15,18H2,(H,28,32)(H,29,31). The van der Waals surface area contributed by atoms with Crippen molar-refractivity contribution >= 4 is 34.0 Å². The summed E-state index contributed by atoms with van der Waals surface area (Å²) in [6, 6.07) is 19.2. The van der Waals surface area contributed by atoms with Crippen LogP contribution in [0, 0.1) is 0 Å². The minimum absolute atomic E-state index is 0.0833. The summed E-state index contributed by atoms with van der Waals surface area (Å²) >= 11 is 0. The molecule has 2 heterocycles. The molecule has 0 spiro atoms. The highest BCUT2D eigenvalue weighted by Crippen LogP contribution is 2.28. The summed E-state index contributed by atoms with van der Waals surface area (Å²) in [6.45, 7) is 3.14. The summed E-state index contributed by atoms with van der Waals surface area (Å²) in [5, 5.41) is 8.11. The molecule has 2 saturated heterocycles. The van der Waals surface area contributed by atoms with Crippen molar-refractivity contribution in [3.63, 3.8) is 0 Å². The second-order valence-electron chi connectivity index (χ2n) is 8.79. The molecule has 3 aromatic carbocycles. The van der Waals surface area contributed by atoms with E-state index in [1.807, 2.05) is 54.6 Å². The van der Waals surface area contributed by atoms with Crippen molar-refractivity contribution in [1.29, 1.82) is 0 Å². The highest BCUT2D eigenvalue weighted by Gasteiger charge is 2.22. The van der Waals surface area contributed by atoms with Gasteiger partial charge in [0.1, 0.15) is 0 Å². The normalized spacial score (nSPS) is 17.9. The fraction of sp³-hybridized carbons (Fsp3) is 0.333. The summed E-state index contributed by atoms with van der Waals surface area (Å²) in [7, 11) is 0. The van der Waals surface area contributed by atoms with Crippen LogP contribution in [0.15, 0.2) is 60.7 Å². The van der Waals surface area contributed by atoms with Crippen LogP contribution in [-0.2, 0) is 4.74 Å². The molecule has 0 saturated carbocycles. The van der Waals surface area contributed by atoms with Gasteiger partial charge in [-0.05, 0) is 66.8 Å². The van der Waals surface area contributed by atoms with Gasteiger partial charge in [-0.15, -0.1) is 0 Å². The van der Waals surface area contributed by atoms with Crippen molar-refractivity contribution < 1.29 is 14.3 Å². The Morgan fingerprint density at radius 3 is 2.52 bits per heavy atom. The number of fused-ring (bicyclic) bond motifs is 1. The zero-order valence-corrected chi connectivity index (χ0v) is 18.7. The molecule has 0 bridgehead atoms. The number of ether oxygens (including phenoxy) is 1. The molecule has 6 nitrogen and oxygen atoms in total. The van der Waals surface area contributed by atoms with E-state index in [1.54, 1.807) is 6.07 Å². The number of carbonyl (C=O) groups excluding carboxylic acids is 2. The monoisotopic (exact) mass is 443 g/mol. The van der Waals surface area contributed by atoms with Crippen LogP contribution in [-0.4, -0.2) is 44.2 Å². The molecule has 2 amide bonds. The lowest BCUT2D eigenvalue weighted by Gasteiger charge is -2.22. The van der Waals surface area contributed by atoms with Crippen LogP contribution in [0.4, 0.5) is 11.4 Å². The first-order valence-corrected chi connectivity index (χ1v) is 11.8. The highest BCUT2D eigenvalue weighted by molar-refractivity contribution is 6.08. The van der Waals surface area contributed by atoms with Crippen LogP contribution in [0.2, 0.25) is 0 Å². The Morgan fingerprint density at radius 2 is 1.73 bits per heavy atom. The molecule has 1 unspecified atom stereocenters. The zero-order chi connectivity index (χ0) is 22.6. The summed E-state index contributed by atoms with van der Waals surface area (Å²) in [5.74, 6) is -0.324. The molecule has 0 aromatic heterocycles. The third kappa shape index (κ3) is 4.86. The Labute approximate surface area is 193 Å². The minimum Gasteiger partial charge on any atom is -0.376 e. The molecule has 33 heavy (non-hydrogen) atoms. The topological polar surface area (TPSA) is 70.7 Å². The Morgan fingerprint density at radius 1 is 0.909 bits per heavy atom. The van der Waals surface area contributed by atoms with Gasteiger partial charge in [-0.2, -0.15) is 0 Å². The number of amides is 2. The third-order valence-electron chi connectivity index (χ3n) is 6.47. The number of hydrogen-bond donors (Lipinski definition) is 2. The molecule has 0 aliphatic carbocycles. The summed E-state index contributed by atoms with van der Waals surface area (Å²) < 4.78 is 5.64. The van der Waals surface area contributed by atoms with Crippen molar-refractivity contribution in [1.82, 2.24) is 5.32 Å². The van der Waals surface area contributed by atoms with Crippen LogP contribution >= 0.6 is 0 Å². The molecule has 2 N–H and O–H groups in total. The van der Waals surface area contributed by atoms with Gasteiger partial charge in [0, 0.05) is 43.2 Å². The van der Waals surface area contributed by atoms with Crippen LogP contribution in [0.3, 0.4) is 0 Å². The fourth-order valence-electron chi connectivity index (χ4n) is 4.67.